The summed E-state index contributed by atoms with van der Waals surface area (Å²) in [6.45, 7) is 2.01. The first-order chi connectivity index (χ1) is 14.2. The van der Waals surface area contributed by atoms with Crippen LogP contribution in [-0.2, 0) is 14.8 Å². The molecule has 30 heavy (non-hydrogen) atoms. The lowest BCUT2D eigenvalue weighted by atomic mass is 10.0. The highest BCUT2D eigenvalue weighted by Gasteiger charge is 2.38. The summed E-state index contributed by atoms with van der Waals surface area (Å²) in [5.74, 6) is -0.788. The summed E-state index contributed by atoms with van der Waals surface area (Å²) in [5, 5.41) is 2.83. The number of amides is 1. The van der Waals surface area contributed by atoms with Crippen LogP contribution in [0.2, 0.25) is 0 Å². The Morgan fingerprint density at radius 3 is 2.57 bits per heavy atom. The zero-order valence-electron chi connectivity index (χ0n) is 16.8. The Hall–Kier alpha value is -1.97. The minimum atomic E-state index is -3.81. The Balaban J connectivity index is 1.79. The molecule has 1 aliphatic heterocycles. The second kappa shape index (κ2) is 9.45. The molecule has 1 aliphatic rings. The van der Waals surface area contributed by atoms with Gasteiger partial charge in [0.25, 0.3) is 0 Å². The summed E-state index contributed by atoms with van der Waals surface area (Å²) in [6.07, 6.45) is 1.89. The topological polar surface area (TPSA) is 75.7 Å². The Morgan fingerprint density at radius 1 is 1.23 bits per heavy atom. The fourth-order valence-corrected chi connectivity index (χ4v) is 5.46. The summed E-state index contributed by atoms with van der Waals surface area (Å²) in [4.78, 5) is 13.1. The molecule has 6 nitrogen and oxygen atoms in total. The number of nitrogens with zero attached hydrogens (tertiary/aromatic N) is 1. The second-order valence-corrected chi connectivity index (χ2v) is 10.0. The van der Waals surface area contributed by atoms with E-state index in [2.05, 4.69) is 21.2 Å². The lowest BCUT2D eigenvalue weighted by Crippen LogP contribution is -2.52. The van der Waals surface area contributed by atoms with Crippen LogP contribution in [0.5, 0.6) is 5.75 Å². The summed E-state index contributed by atoms with van der Waals surface area (Å²) in [5.41, 5.74) is 0.569. The number of ether oxygens (including phenoxy) is 1. The van der Waals surface area contributed by atoms with E-state index in [-0.39, 0.29) is 23.1 Å². The van der Waals surface area contributed by atoms with Gasteiger partial charge in [0.15, 0.2) is 11.6 Å². The summed E-state index contributed by atoms with van der Waals surface area (Å²) >= 11 is 3.30. The number of benzene rings is 2. The molecule has 2 aromatic rings. The number of piperidine rings is 1. The lowest BCUT2D eigenvalue weighted by Gasteiger charge is -2.34. The van der Waals surface area contributed by atoms with Gasteiger partial charge in [-0.25, -0.2) is 12.8 Å². The number of halogens is 2. The van der Waals surface area contributed by atoms with E-state index in [1.165, 1.54) is 35.7 Å². The maximum Gasteiger partial charge on any atom is 0.243 e. The first-order valence-electron chi connectivity index (χ1n) is 9.65. The Kier molecular flexibility index (Phi) is 7.15. The molecule has 1 amide bonds. The zero-order valence-corrected chi connectivity index (χ0v) is 19.2. The van der Waals surface area contributed by atoms with Crippen LogP contribution in [0, 0.1) is 5.82 Å². The molecule has 3 rings (SSSR count). The maximum absolute atomic E-state index is 14.0. The van der Waals surface area contributed by atoms with Crippen LogP contribution in [0.4, 0.5) is 4.39 Å². The van der Waals surface area contributed by atoms with Crippen molar-refractivity contribution in [3.8, 4) is 5.75 Å². The van der Waals surface area contributed by atoms with Crippen LogP contribution < -0.4 is 10.1 Å². The molecule has 0 saturated carbocycles. The van der Waals surface area contributed by atoms with E-state index in [1.807, 2.05) is 0 Å². The van der Waals surface area contributed by atoms with Gasteiger partial charge < -0.3 is 10.1 Å². The molecular weight excluding hydrogens is 475 g/mol. The van der Waals surface area contributed by atoms with Gasteiger partial charge in [-0.05, 0) is 61.7 Å². The first-order valence-corrected chi connectivity index (χ1v) is 11.9. The van der Waals surface area contributed by atoms with Crippen LogP contribution >= 0.6 is 15.9 Å². The van der Waals surface area contributed by atoms with Crippen LogP contribution in [0.1, 0.15) is 37.8 Å². The van der Waals surface area contributed by atoms with E-state index >= 15 is 0 Å². The molecular formula is C21H24BrFN2O4S. The minimum absolute atomic E-state index is 0.122. The van der Waals surface area contributed by atoms with E-state index in [9.17, 15) is 17.6 Å². The molecule has 0 bridgehead atoms. The molecule has 0 radical (unpaired) electrons. The molecule has 1 heterocycles. The van der Waals surface area contributed by atoms with Crippen LogP contribution in [-0.4, -0.2) is 38.3 Å². The average molecular weight is 499 g/mol. The minimum Gasteiger partial charge on any atom is -0.494 e. The molecule has 0 aromatic heterocycles. The van der Waals surface area contributed by atoms with Gasteiger partial charge in [-0.15, -0.1) is 0 Å². The van der Waals surface area contributed by atoms with Crippen LogP contribution in [0.3, 0.4) is 0 Å². The molecule has 1 N–H and O–H groups in total. The van der Waals surface area contributed by atoms with Crippen LogP contribution in [0.25, 0.3) is 0 Å². The van der Waals surface area contributed by atoms with Gasteiger partial charge in [0, 0.05) is 11.0 Å². The van der Waals surface area contributed by atoms with Gasteiger partial charge in [0.05, 0.1) is 18.0 Å². The number of nitrogens with one attached hydrogen (secondary N) is 1. The number of rotatable bonds is 6. The highest BCUT2D eigenvalue weighted by Crippen LogP contribution is 2.27. The second-order valence-electron chi connectivity index (χ2n) is 7.21. The predicted octanol–water partition coefficient (Wildman–Crippen LogP) is 4.02. The summed E-state index contributed by atoms with van der Waals surface area (Å²) in [6, 6.07) is 9.54. The fraction of sp³-hybridized carbons (Fsp3) is 0.381. The number of methoxy groups -OCH3 is 1. The third-order valence-electron chi connectivity index (χ3n) is 5.21. The monoisotopic (exact) mass is 498 g/mol. The smallest absolute Gasteiger partial charge is 0.243 e. The van der Waals surface area contributed by atoms with Crippen molar-refractivity contribution in [3.63, 3.8) is 0 Å². The fourth-order valence-electron chi connectivity index (χ4n) is 3.54. The molecule has 2 unspecified atom stereocenters. The van der Waals surface area contributed by atoms with Crippen molar-refractivity contribution in [2.75, 3.05) is 13.7 Å². The van der Waals surface area contributed by atoms with E-state index in [4.69, 9.17) is 4.74 Å². The Morgan fingerprint density at radius 2 is 1.93 bits per heavy atom. The van der Waals surface area contributed by atoms with E-state index in [0.29, 0.717) is 18.4 Å². The molecule has 0 spiro atoms. The van der Waals surface area contributed by atoms with Gasteiger partial charge in [-0.2, -0.15) is 4.31 Å². The Labute approximate surface area is 184 Å². The van der Waals surface area contributed by atoms with Gasteiger partial charge in [0.1, 0.15) is 6.04 Å². The van der Waals surface area contributed by atoms with E-state index in [1.54, 1.807) is 25.1 Å². The third kappa shape index (κ3) is 4.84. The quantitative estimate of drug-likeness (QED) is 0.652. The van der Waals surface area contributed by atoms with Gasteiger partial charge in [-0.1, -0.05) is 28.4 Å². The van der Waals surface area contributed by atoms with E-state index < -0.39 is 27.9 Å². The summed E-state index contributed by atoms with van der Waals surface area (Å²) < 4.78 is 47.3. The maximum atomic E-state index is 14.0. The van der Waals surface area contributed by atoms with E-state index in [0.717, 1.165) is 10.9 Å². The molecule has 1 fully saturated rings. The first kappa shape index (κ1) is 22.7. The third-order valence-corrected chi connectivity index (χ3v) is 7.66. The molecule has 0 aliphatic carbocycles. The number of carbonyl (C=O) groups is 1. The van der Waals surface area contributed by atoms with Crippen molar-refractivity contribution in [1.29, 1.82) is 0 Å². The summed E-state index contributed by atoms with van der Waals surface area (Å²) in [7, 11) is -2.43. The normalized spacial score (nSPS) is 18.6. The molecule has 1 saturated heterocycles. The largest absolute Gasteiger partial charge is 0.494 e. The number of hydrogen-bond donors (Lipinski definition) is 1. The predicted molar refractivity (Wildman–Crippen MR) is 115 cm³/mol. The molecule has 162 valence electrons. The molecule has 2 atom stereocenters. The van der Waals surface area contributed by atoms with Crippen LogP contribution in [0.15, 0.2) is 51.8 Å². The number of carbonyl (C=O) groups excluding carboxylic acids is 1. The van der Waals surface area contributed by atoms with Crippen molar-refractivity contribution < 1.29 is 22.3 Å². The average Bonchev–Trinajstić information content (AvgIpc) is 2.74. The number of sulfonamides is 1. The molecule has 9 heteroatoms. The SMILES string of the molecule is COc1ccc(C(C)NC(=O)C2CCCCN2S(=O)(=O)c2ccc(Br)cc2)cc1F. The van der Waals surface area contributed by atoms with Crippen molar-refractivity contribution in [2.45, 2.75) is 43.2 Å². The van der Waals surface area contributed by atoms with Crippen molar-refractivity contribution in [3.05, 3.63) is 58.3 Å². The highest BCUT2D eigenvalue weighted by atomic mass is 79.9. The van der Waals surface area contributed by atoms with Gasteiger partial charge >= 0.3 is 0 Å². The van der Waals surface area contributed by atoms with Crippen molar-refractivity contribution in [1.82, 2.24) is 9.62 Å². The lowest BCUT2D eigenvalue weighted by molar-refractivity contribution is -0.126. The van der Waals surface area contributed by atoms with Crippen molar-refractivity contribution >= 4 is 31.9 Å². The highest BCUT2D eigenvalue weighted by molar-refractivity contribution is 9.10. The Bertz CT molecular complexity index is 1010. The number of hydrogen-bond acceptors (Lipinski definition) is 4. The van der Waals surface area contributed by atoms with Crippen molar-refractivity contribution in [2.24, 2.45) is 0 Å². The van der Waals surface area contributed by atoms with Gasteiger partial charge in [0.2, 0.25) is 15.9 Å². The molecule has 2 aromatic carbocycles. The van der Waals surface area contributed by atoms with Gasteiger partial charge in [-0.3, -0.25) is 4.79 Å². The standard InChI is InChI=1S/C21H24BrFN2O4S/c1-14(15-6-11-20(29-2)18(23)13-15)24-21(26)19-5-3-4-12-25(19)30(27,28)17-9-7-16(22)8-10-17/h6-11,13-14,19H,3-5,12H2,1-2H3,(H,24,26). The zero-order chi connectivity index (χ0) is 21.9.